The quantitative estimate of drug-likeness (QED) is 0.752. The molecular formula is C13H9F2NO6. The predicted molar refractivity (Wildman–Crippen MR) is 68.7 cm³/mol. The number of amides is 1. The first-order chi connectivity index (χ1) is 10.3. The lowest BCUT2D eigenvalue weighted by atomic mass is 10.1. The summed E-state index contributed by atoms with van der Waals surface area (Å²) in [4.78, 5) is 21.6. The number of nitrogens with one attached hydrogen (secondary N) is 1. The maximum Gasteiger partial charge on any atom is 0.411 e. The van der Waals surface area contributed by atoms with E-state index in [0.717, 1.165) is 25.1 Å². The fourth-order valence-electron chi connectivity index (χ4n) is 1.69. The van der Waals surface area contributed by atoms with Gasteiger partial charge in [-0.3, -0.25) is 10.1 Å². The van der Waals surface area contributed by atoms with E-state index in [2.05, 4.69) is 4.74 Å². The zero-order valence-electron chi connectivity index (χ0n) is 11.0. The SMILES string of the molecule is CC(=O)Oc1c(NC(=O)O)oc(-c2cccc(F)c2F)c1O. The number of aromatic hydroxyl groups is 1. The highest BCUT2D eigenvalue weighted by molar-refractivity contribution is 5.88. The van der Waals surface area contributed by atoms with Crippen LogP contribution < -0.4 is 10.1 Å². The molecule has 0 bridgehead atoms. The van der Waals surface area contributed by atoms with Crippen LogP contribution in [0, 0.1) is 11.6 Å². The molecule has 2 rings (SSSR count). The molecule has 22 heavy (non-hydrogen) atoms. The van der Waals surface area contributed by atoms with E-state index in [-0.39, 0.29) is 0 Å². The summed E-state index contributed by atoms with van der Waals surface area (Å²) in [5.41, 5.74) is -0.468. The normalized spacial score (nSPS) is 10.3. The van der Waals surface area contributed by atoms with E-state index in [0.29, 0.717) is 0 Å². The van der Waals surface area contributed by atoms with Crippen LogP contribution in [0.15, 0.2) is 22.6 Å². The standard InChI is InChI=1S/C13H9F2NO6/c1-5(17)21-11-9(18)10(22-12(11)16-13(19)20)6-3-2-4-7(14)8(6)15/h2-4,16,18H,1H3,(H,19,20). The Morgan fingerprint density at radius 3 is 2.59 bits per heavy atom. The third-order valence-electron chi connectivity index (χ3n) is 2.50. The Balaban J connectivity index is 2.62. The minimum absolute atomic E-state index is 0.468. The van der Waals surface area contributed by atoms with Gasteiger partial charge in [0.15, 0.2) is 17.4 Å². The summed E-state index contributed by atoms with van der Waals surface area (Å²) in [7, 11) is 0. The van der Waals surface area contributed by atoms with Crippen LogP contribution in [0.1, 0.15) is 6.92 Å². The summed E-state index contributed by atoms with van der Waals surface area (Å²) in [6.45, 7) is 0.999. The van der Waals surface area contributed by atoms with Crippen molar-refractivity contribution in [1.29, 1.82) is 0 Å². The third-order valence-corrected chi connectivity index (χ3v) is 2.50. The predicted octanol–water partition coefficient (Wildman–Crippen LogP) is 2.95. The number of carbonyl (C=O) groups is 2. The van der Waals surface area contributed by atoms with Gasteiger partial charge in [-0.25, -0.2) is 13.6 Å². The number of furan rings is 1. The highest BCUT2D eigenvalue weighted by Gasteiger charge is 2.27. The molecule has 1 aromatic heterocycles. The Labute approximate surface area is 121 Å². The number of halogens is 2. The van der Waals surface area contributed by atoms with Crippen LogP contribution in [0.3, 0.4) is 0 Å². The fraction of sp³-hybridized carbons (Fsp3) is 0.0769. The Bertz CT molecular complexity index is 755. The number of carboxylic acid groups (broad SMARTS) is 1. The molecule has 116 valence electrons. The Hall–Kier alpha value is -3.10. The van der Waals surface area contributed by atoms with Crippen LogP contribution in [0.25, 0.3) is 11.3 Å². The van der Waals surface area contributed by atoms with E-state index < -0.39 is 52.4 Å². The van der Waals surface area contributed by atoms with Gasteiger partial charge >= 0.3 is 12.1 Å². The van der Waals surface area contributed by atoms with Crippen LogP contribution in [0.2, 0.25) is 0 Å². The molecule has 0 atom stereocenters. The number of benzene rings is 1. The number of carbonyl (C=O) groups excluding carboxylic acids is 1. The molecule has 0 unspecified atom stereocenters. The summed E-state index contributed by atoms with van der Waals surface area (Å²) in [5, 5.41) is 20.4. The molecule has 0 saturated heterocycles. The molecule has 2 aromatic rings. The molecule has 1 amide bonds. The molecular weight excluding hydrogens is 304 g/mol. The summed E-state index contributed by atoms with van der Waals surface area (Å²) >= 11 is 0. The first-order valence-electron chi connectivity index (χ1n) is 5.79. The van der Waals surface area contributed by atoms with Crippen molar-refractivity contribution < 1.29 is 37.7 Å². The second kappa shape index (κ2) is 5.72. The minimum Gasteiger partial charge on any atom is -0.502 e. The molecule has 0 fully saturated rings. The number of hydrogen-bond donors (Lipinski definition) is 3. The van der Waals surface area contributed by atoms with Crippen molar-refractivity contribution in [3.05, 3.63) is 29.8 Å². The van der Waals surface area contributed by atoms with E-state index >= 15 is 0 Å². The van der Waals surface area contributed by atoms with Crippen molar-refractivity contribution in [3.63, 3.8) is 0 Å². The topological polar surface area (TPSA) is 109 Å². The summed E-state index contributed by atoms with van der Waals surface area (Å²) in [6.07, 6.45) is -1.58. The van der Waals surface area contributed by atoms with Crippen molar-refractivity contribution in [1.82, 2.24) is 0 Å². The number of anilines is 1. The third kappa shape index (κ3) is 2.82. The molecule has 7 nitrogen and oxygen atoms in total. The van der Waals surface area contributed by atoms with Crippen LogP contribution in [0.4, 0.5) is 19.5 Å². The molecule has 0 aliphatic heterocycles. The summed E-state index contributed by atoms with van der Waals surface area (Å²) in [6, 6.07) is 3.10. The molecule has 1 heterocycles. The lowest BCUT2D eigenvalue weighted by molar-refractivity contribution is -0.132. The lowest BCUT2D eigenvalue weighted by Crippen LogP contribution is -2.09. The molecule has 0 saturated carbocycles. The largest absolute Gasteiger partial charge is 0.502 e. The smallest absolute Gasteiger partial charge is 0.411 e. The van der Waals surface area contributed by atoms with Gasteiger partial charge in [0.1, 0.15) is 0 Å². The van der Waals surface area contributed by atoms with Crippen molar-refractivity contribution >= 4 is 17.9 Å². The zero-order chi connectivity index (χ0) is 16.4. The van der Waals surface area contributed by atoms with Gasteiger partial charge in [-0.15, -0.1) is 0 Å². The molecule has 0 spiro atoms. The second-order valence-electron chi connectivity index (χ2n) is 4.06. The van der Waals surface area contributed by atoms with Crippen molar-refractivity contribution in [2.24, 2.45) is 0 Å². The molecule has 0 aliphatic carbocycles. The van der Waals surface area contributed by atoms with Gasteiger partial charge in [0.25, 0.3) is 5.88 Å². The number of rotatable bonds is 3. The average molecular weight is 313 g/mol. The Morgan fingerprint density at radius 2 is 2.00 bits per heavy atom. The van der Waals surface area contributed by atoms with Crippen LogP contribution in [-0.2, 0) is 4.79 Å². The number of esters is 1. The number of hydrogen-bond acceptors (Lipinski definition) is 5. The van der Waals surface area contributed by atoms with Crippen molar-refractivity contribution in [2.75, 3.05) is 5.32 Å². The van der Waals surface area contributed by atoms with Gasteiger partial charge in [0.2, 0.25) is 11.5 Å². The first-order valence-corrected chi connectivity index (χ1v) is 5.79. The average Bonchev–Trinajstić information content (AvgIpc) is 2.70. The highest BCUT2D eigenvalue weighted by atomic mass is 19.2. The Kier molecular flexibility index (Phi) is 3.97. The highest BCUT2D eigenvalue weighted by Crippen LogP contribution is 2.46. The maximum absolute atomic E-state index is 13.7. The van der Waals surface area contributed by atoms with Crippen LogP contribution in [-0.4, -0.2) is 22.3 Å². The molecule has 1 aromatic carbocycles. The minimum atomic E-state index is -1.58. The maximum atomic E-state index is 13.7. The fourth-order valence-corrected chi connectivity index (χ4v) is 1.69. The van der Waals surface area contributed by atoms with Crippen LogP contribution >= 0.6 is 0 Å². The second-order valence-corrected chi connectivity index (χ2v) is 4.06. The number of ether oxygens (including phenoxy) is 1. The Morgan fingerprint density at radius 1 is 1.32 bits per heavy atom. The van der Waals surface area contributed by atoms with E-state index in [1.165, 1.54) is 0 Å². The van der Waals surface area contributed by atoms with E-state index in [1.54, 1.807) is 5.32 Å². The monoisotopic (exact) mass is 313 g/mol. The first kappa shape index (κ1) is 15.3. The van der Waals surface area contributed by atoms with Gasteiger partial charge in [-0.1, -0.05) is 6.07 Å². The summed E-state index contributed by atoms with van der Waals surface area (Å²) in [5.74, 6) is -6.11. The van der Waals surface area contributed by atoms with Gasteiger partial charge in [0, 0.05) is 6.92 Å². The molecule has 0 aliphatic rings. The van der Waals surface area contributed by atoms with Gasteiger partial charge < -0.3 is 19.4 Å². The lowest BCUT2D eigenvalue weighted by Gasteiger charge is -2.01. The van der Waals surface area contributed by atoms with Gasteiger partial charge in [0.05, 0.1) is 5.56 Å². The van der Waals surface area contributed by atoms with E-state index in [1.807, 2.05) is 0 Å². The molecule has 0 radical (unpaired) electrons. The van der Waals surface area contributed by atoms with E-state index in [4.69, 9.17) is 9.52 Å². The van der Waals surface area contributed by atoms with Crippen LogP contribution in [0.5, 0.6) is 11.5 Å². The van der Waals surface area contributed by atoms with Crippen molar-refractivity contribution in [2.45, 2.75) is 6.92 Å². The zero-order valence-corrected chi connectivity index (χ0v) is 11.0. The van der Waals surface area contributed by atoms with Crippen molar-refractivity contribution in [3.8, 4) is 22.8 Å². The van der Waals surface area contributed by atoms with Gasteiger partial charge in [-0.2, -0.15) is 0 Å². The molecule has 3 N–H and O–H groups in total. The van der Waals surface area contributed by atoms with Gasteiger partial charge in [-0.05, 0) is 12.1 Å². The summed E-state index contributed by atoms with van der Waals surface area (Å²) < 4.78 is 36.6. The molecule has 9 heteroatoms. The van der Waals surface area contributed by atoms with E-state index in [9.17, 15) is 23.5 Å².